The molecule has 0 radical (unpaired) electrons. The minimum atomic E-state index is -0.531. The molecule has 0 aliphatic carbocycles. The topological polar surface area (TPSA) is 67.6 Å². The Kier molecular flexibility index (Phi) is 3.39. The van der Waals surface area contributed by atoms with E-state index in [1.54, 1.807) is 25.1 Å². The number of imide groups is 1. The maximum atomic E-state index is 12.0. The maximum Gasteiger partial charge on any atom is 0.343 e. The average molecular weight is 301 g/mol. The summed E-state index contributed by atoms with van der Waals surface area (Å²) in [6.45, 7) is 2.04. The fourth-order valence-corrected chi connectivity index (χ4v) is 2.99. The first kappa shape index (κ1) is 13.6. The summed E-state index contributed by atoms with van der Waals surface area (Å²) in [5.41, 5.74) is 0.216. The number of hydrogen-bond acceptors (Lipinski definition) is 5. The Bertz CT molecular complexity index is 837. The van der Waals surface area contributed by atoms with Crippen LogP contribution in [0, 0.1) is 0 Å². The SMILES string of the molecule is CCN1C(=O)S/C(=C/c2cc3ccccc3oc2=O)C1=O. The molecule has 1 saturated heterocycles. The average Bonchev–Trinajstić information content (AvgIpc) is 2.73. The van der Waals surface area contributed by atoms with Crippen LogP contribution in [0.4, 0.5) is 4.79 Å². The highest BCUT2D eigenvalue weighted by Gasteiger charge is 2.33. The van der Waals surface area contributed by atoms with E-state index in [1.807, 2.05) is 12.1 Å². The number of nitrogens with zero attached hydrogens (tertiary/aromatic N) is 1. The Morgan fingerprint density at radius 1 is 1.24 bits per heavy atom. The summed E-state index contributed by atoms with van der Waals surface area (Å²) in [5, 5.41) is 0.442. The van der Waals surface area contributed by atoms with Crippen LogP contribution in [-0.4, -0.2) is 22.6 Å². The monoisotopic (exact) mass is 301 g/mol. The van der Waals surface area contributed by atoms with E-state index in [-0.39, 0.29) is 21.6 Å². The van der Waals surface area contributed by atoms with Gasteiger partial charge in [0, 0.05) is 11.9 Å². The molecule has 5 nitrogen and oxygen atoms in total. The van der Waals surface area contributed by atoms with Gasteiger partial charge in [-0.05, 0) is 36.9 Å². The fraction of sp³-hybridized carbons (Fsp3) is 0.133. The Morgan fingerprint density at radius 2 is 2.00 bits per heavy atom. The second-order valence-corrected chi connectivity index (χ2v) is 5.45. The zero-order chi connectivity index (χ0) is 15.0. The first-order chi connectivity index (χ1) is 10.1. The molecule has 2 amide bonds. The normalized spacial score (nSPS) is 17.2. The number of benzene rings is 1. The number of fused-ring (bicyclic) bond motifs is 1. The molecule has 2 heterocycles. The predicted octanol–water partition coefficient (Wildman–Crippen LogP) is 2.85. The smallest absolute Gasteiger partial charge is 0.343 e. The fourth-order valence-electron chi connectivity index (χ4n) is 2.09. The molecule has 1 aromatic heterocycles. The minimum Gasteiger partial charge on any atom is -0.422 e. The van der Waals surface area contributed by atoms with Crippen molar-refractivity contribution in [1.82, 2.24) is 4.90 Å². The van der Waals surface area contributed by atoms with Crippen LogP contribution in [0.25, 0.3) is 17.0 Å². The molecule has 2 aromatic rings. The highest BCUT2D eigenvalue weighted by molar-refractivity contribution is 8.18. The van der Waals surface area contributed by atoms with Crippen LogP contribution in [0.5, 0.6) is 0 Å². The lowest BCUT2D eigenvalue weighted by Crippen LogP contribution is -2.27. The zero-order valence-electron chi connectivity index (χ0n) is 11.2. The van der Waals surface area contributed by atoms with E-state index in [9.17, 15) is 14.4 Å². The lowest BCUT2D eigenvalue weighted by Gasteiger charge is -2.06. The predicted molar refractivity (Wildman–Crippen MR) is 80.8 cm³/mol. The first-order valence-electron chi connectivity index (χ1n) is 6.38. The second-order valence-electron chi connectivity index (χ2n) is 4.45. The Labute approximate surface area is 124 Å². The van der Waals surface area contributed by atoms with E-state index in [0.29, 0.717) is 12.1 Å². The third kappa shape index (κ3) is 2.38. The van der Waals surface area contributed by atoms with Gasteiger partial charge in [0.15, 0.2) is 0 Å². The number of para-hydroxylation sites is 1. The van der Waals surface area contributed by atoms with Gasteiger partial charge in [-0.25, -0.2) is 4.79 Å². The van der Waals surface area contributed by atoms with Gasteiger partial charge in [-0.2, -0.15) is 0 Å². The summed E-state index contributed by atoms with van der Waals surface area (Å²) >= 11 is 0.833. The van der Waals surface area contributed by atoms with Crippen LogP contribution < -0.4 is 5.63 Å². The summed E-state index contributed by atoms with van der Waals surface area (Å²) in [6, 6.07) is 8.77. The van der Waals surface area contributed by atoms with E-state index in [0.717, 1.165) is 22.0 Å². The Morgan fingerprint density at radius 3 is 2.71 bits per heavy atom. The van der Waals surface area contributed by atoms with Gasteiger partial charge < -0.3 is 4.42 Å². The van der Waals surface area contributed by atoms with E-state index < -0.39 is 5.63 Å². The molecule has 3 rings (SSSR count). The summed E-state index contributed by atoms with van der Waals surface area (Å²) in [5.74, 6) is -0.375. The van der Waals surface area contributed by atoms with Crippen LogP contribution >= 0.6 is 11.8 Å². The highest BCUT2D eigenvalue weighted by atomic mass is 32.2. The standard InChI is InChI=1S/C15H11NO4S/c1-2-16-13(17)12(21-15(16)19)8-10-7-9-5-3-4-6-11(9)20-14(10)18/h3-8H,2H2,1H3/b12-8+. The largest absolute Gasteiger partial charge is 0.422 e. The molecule has 21 heavy (non-hydrogen) atoms. The quantitative estimate of drug-likeness (QED) is 0.630. The maximum absolute atomic E-state index is 12.0. The molecule has 0 atom stereocenters. The van der Waals surface area contributed by atoms with Gasteiger partial charge in [-0.1, -0.05) is 18.2 Å². The van der Waals surface area contributed by atoms with Crippen molar-refractivity contribution in [2.45, 2.75) is 6.92 Å². The van der Waals surface area contributed by atoms with Gasteiger partial charge in [0.1, 0.15) is 5.58 Å². The molecule has 0 unspecified atom stereocenters. The summed E-state index contributed by atoms with van der Waals surface area (Å²) < 4.78 is 5.20. The van der Waals surface area contributed by atoms with Crippen molar-refractivity contribution in [3.63, 3.8) is 0 Å². The minimum absolute atomic E-state index is 0.240. The van der Waals surface area contributed by atoms with Crippen molar-refractivity contribution in [1.29, 1.82) is 0 Å². The van der Waals surface area contributed by atoms with Gasteiger partial charge in [0.05, 0.1) is 10.5 Å². The van der Waals surface area contributed by atoms with Gasteiger partial charge in [0.2, 0.25) is 0 Å². The van der Waals surface area contributed by atoms with Crippen LogP contribution in [0.3, 0.4) is 0 Å². The molecule has 0 N–H and O–H groups in total. The van der Waals surface area contributed by atoms with E-state index in [4.69, 9.17) is 4.42 Å². The molecule has 1 aliphatic heterocycles. The lowest BCUT2D eigenvalue weighted by atomic mass is 10.2. The number of likely N-dealkylation sites (N-methyl/N-ethyl adjacent to an activating group) is 1. The summed E-state index contributed by atoms with van der Waals surface area (Å²) in [4.78, 5) is 37.0. The number of amides is 2. The van der Waals surface area contributed by atoms with E-state index in [1.165, 1.54) is 6.08 Å². The van der Waals surface area contributed by atoms with Crippen LogP contribution in [0.15, 0.2) is 44.4 Å². The van der Waals surface area contributed by atoms with Crippen molar-refractivity contribution in [2.24, 2.45) is 0 Å². The molecule has 106 valence electrons. The molecule has 1 fully saturated rings. The van der Waals surface area contributed by atoms with Gasteiger partial charge in [0.25, 0.3) is 11.1 Å². The van der Waals surface area contributed by atoms with Gasteiger partial charge >= 0.3 is 5.63 Å². The van der Waals surface area contributed by atoms with Crippen LogP contribution in [0.1, 0.15) is 12.5 Å². The molecular weight excluding hydrogens is 290 g/mol. The molecule has 0 bridgehead atoms. The number of hydrogen-bond donors (Lipinski definition) is 0. The highest BCUT2D eigenvalue weighted by Crippen LogP contribution is 2.31. The number of carbonyl (C=O) groups is 2. The summed E-state index contributed by atoms with van der Waals surface area (Å²) in [7, 11) is 0. The molecule has 1 aliphatic rings. The molecule has 0 saturated carbocycles. The molecule has 6 heteroatoms. The molecule has 0 spiro atoms. The van der Waals surface area contributed by atoms with Gasteiger partial charge in [-0.15, -0.1) is 0 Å². The third-order valence-corrected chi connectivity index (χ3v) is 4.05. The van der Waals surface area contributed by atoms with E-state index in [2.05, 4.69) is 0 Å². The Hall–Kier alpha value is -2.34. The lowest BCUT2D eigenvalue weighted by molar-refractivity contribution is -0.122. The van der Waals surface area contributed by atoms with Crippen molar-refractivity contribution >= 4 is 40.0 Å². The van der Waals surface area contributed by atoms with Crippen LogP contribution in [0.2, 0.25) is 0 Å². The van der Waals surface area contributed by atoms with Crippen molar-refractivity contribution in [2.75, 3.05) is 6.54 Å². The zero-order valence-corrected chi connectivity index (χ0v) is 12.0. The molecular formula is C15H11NO4S. The number of thioether (sulfide) groups is 1. The van der Waals surface area contributed by atoms with Crippen LogP contribution in [-0.2, 0) is 4.79 Å². The molecule has 1 aromatic carbocycles. The van der Waals surface area contributed by atoms with Crippen molar-refractivity contribution < 1.29 is 14.0 Å². The van der Waals surface area contributed by atoms with Crippen molar-refractivity contribution in [3.05, 3.63) is 51.2 Å². The second kappa shape index (κ2) is 5.21. The Balaban J connectivity index is 2.08. The van der Waals surface area contributed by atoms with E-state index >= 15 is 0 Å². The van der Waals surface area contributed by atoms with Gasteiger partial charge in [-0.3, -0.25) is 14.5 Å². The summed E-state index contributed by atoms with van der Waals surface area (Å²) in [6.07, 6.45) is 1.42. The van der Waals surface area contributed by atoms with Crippen molar-refractivity contribution in [3.8, 4) is 0 Å². The number of carbonyl (C=O) groups excluding carboxylic acids is 2. The number of rotatable bonds is 2. The third-order valence-electron chi connectivity index (χ3n) is 3.14. The first-order valence-corrected chi connectivity index (χ1v) is 7.20.